The quantitative estimate of drug-likeness (QED) is 0.192. The average Bonchev–Trinajstić information content (AvgIpc) is 3.67. The number of fused-ring (bicyclic) bond motifs is 7. The molecular weight excluding hydrogens is 581 g/mol. The minimum Gasteiger partial charge on any atom is -0.333 e. The Balaban J connectivity index is 1.01. The number of benzene rings is 7. The fourth-order valence-corrected chi connectivity index (χ4v) is 8.01. The van der Waals surface area contributed by atoms with Gasteiger partial charge in [0.2, 0.25) is 0 Å². The summed E-state index contributed by atoms with van der Waals surface area (Å²) in [5.41, 5.74) is 12.5. The lowest BCUT2D eigenvalue weighted by atomic mass is 9.89. The van der Waals surface area contributed by atoms with E-state index in [9.17, 15) is 0 Å². The van der Waals surface area contributed by atoms with Gasteiger partial charge in [-0.2, -0.15) is 0 Å². The van der Waals surface area contributed by atoms with Crippen LogP contribution in [0.2, 0.25) is 0 Å². The largest absolute Gasteiger partial charge is 0.333 e. The predicted octanol–water partition coefficient (Wildman–Crippen LogP) is 12.0. The third-order valence-corrected chi connectivity index (χ3v) is 10.3. The summed E-state index contributed by atoms with van der Waals surface area (Å²) in [6.07, 6.45) is 9.10. The maximum absolute atomic E-state index is 2.52. The first kappa shape index (κ1) is 27.0. The zero-order valence-corrected chi connectivity index (χ0v) is 26.4. The molecule has 10 rings (SSSR count). The van der Waals surface area contributed by atoms with Crippen LogP contribution in [0.3, 0.4) is 0 Å². The summed E-state index contributed by atoms with van der Waals surface area (Å²) in [6.45, 7) is 0. The van der Waals surface area contributed by atoms with Gasteiger partial charge in [0.1, 0.15) is 0 Å². The molecule has 0 amide bonds. The van der Waals surface area contributed by atoms with Gasteiger partial charge in [-0.1, -0.05) is 127 Å². The van der Waals surface area contributed by atoms with Crippen LogP contribution in [0.1, 0.15) is 11.5 Å². The summed E-state index contributed by atoms with van der Waals surface area (Å²) in [5, 5.41) is 5.09. The van der Waals surface area contributed by atoms with Crippen LogP contribution < -0.4 is 4.90 Å². The molecule has 2 heterocycles. The molecule has 0 fully saturated rings. The van der Waals surface area contributed by atoms with Crippen LogP contribution in [0.4, 0.5) is 11.4 Å². The minimum absolute atomic E-state index is 0.270. The Kier molecular flexibility index (Phi) is 6.04. The highest BCUT2D eigenvalue weighted by atomic mass is 15.2. The summed E-state index contributed by atoms with van der Waals surface area (Å²) in [5.74, 6) is 0.320. The van der Waals surface area contributed by atoms with Crippen molar-refractivity contribution < 1.29 is 0 Å². The van der Waals surface area contributed by atoms with E-state index in [1.54, 1.807) is 0 Å². The summed E-state index contributed by atoms with van der Waals surface area (Å²) < 4.78 is 2.37. The number of allylic oxidation sites excluding steroid dienone is 2. The topological polar surface area (TPSA) is 8.17 Å². The SMILES string of the molecule is C1=CC2c3cc(-c4ccc(-c5ccc6c(c5)c5ccccc5n6-c5ccccc5)cc4)ccc3N(c3ccc4ccccc4c3)C2C=C1. The molecule has 1 aliphatic carbocycles. The molecule has 2 heteroatoms. The first-order valence-electron chi connectivity index (χ1n) is 16.8. The number of rotatable bonds is 4. The summed E-state index contributed by atoms with van der Waals surface area (Å²) in [4.78, 5) is 2.52. The van der Waals surface area contributed by atoms with Gasteiger partial charge in [-0.15, -0.1) is 0 Å². The molecule has 0 N–H and O–H groups in total. The third kappa shape index (κ3) is 4.19. The number of hydrogen-bond donors (Lipinski definition) is 0. The van der Waals surface area contributed by atoms with E-state index in [1.807, 2.05) is 0 Å². The molecule has 1 aromatic heterocycles. The van der Waals surface area contributed by atoms with Gasteiger partial charge in [0, 0.05) is 33.8 Å². The van der Waals surface area contributed by atoms with Gasteiger partial charge < -0.3 is 9.47 Å². The molecule has 0 saturated carbocycles. The zero-order valence-electron chi connectivity index (χ0n) is 26.4. The lowest BCUT2D eigenvalue weighted by Crippen LogP contribution is -2.28. The van der Waals surface area contributed by atoms with E-state index < -0.39 is 0 Å². The van der Waals surface area contributed by atoms with Crippen LogP contribution in [0, 0.1) is 0 Å². The molecule has 2 nitrogen and oxygen atoms in total. The van der Waals surface area contributed by atoms with E-state index in [4.69, 9.17) is 0 Å². The highest BCUT2D eigenvalue weighted by molar-refractivity contribution is 6.10. The minimum atomic E-state index is 0.270. The Morgan fingerprint density at radius 2 is 1.08 bits per heavy atom. The number of nitrogens with zero attached hydrogens (tertiary/aromatic N) is 2. The molecule has 0 saturated heterocycles. The van der Waals surface area contributed by atoms with Crippen molar-refractivity contribution >= 4 is 44.0 Å². The molecule has 226 valence electrons. The Labute approximate surface area is 280 Å². The van der Waals surface area contributed by atoms with Crippen molar-refractivity contribution in [1.29, 1.82) is 0 Å². The highest BCUT2D eigenvalue weighted by Crippen LogP contribution is 2.49. The van der Waals surface area contributed by atoms with Crippen LogP contribution in [-0.4, -0.2) is 10.6 Å². The standard InChI is InChI=1S/C46H32N2/c1-2-12-37(13-3-1)47-43-16-8-6-14-39(43)41-29-35(23-26-45(41)47)32-18-20-33(21-19-32)36-24-27-46-42(30-36)40-15-7-9-17-44(40)48(46)38-25-22-31-10-4-5-11-34(31)28-38/h1-30,40,44H. The van der Waals surface area contributed by atoms with E-state index in [0.717, 1.165) is 0 Å². The fourth-order valence-electron chi connectivity index (χ4n) is 8.01. The maximum atomic E-state index is 2.52. The van der Waals surface area contributed by atoms with Crippen molar-refractivity contribution in [1.82, 2.24) is 4.57 Å². The predicted molar refractivity (Wildman–Crippen MR) is 203 cm³/mol. The van der Waals surface area contributed by atoms with E-state index >= 15 is 0 Å². The van der Waals surface area contributed by atoms with Crippen molar-refractivity contribution in [2.45, 2.75) is 12.0 Å². The Hall–Kier alpha value is -6.12. The first-order valence-corrected chi connectivity index (χ1v) is 16.8. The second-order valence-electron chi connectivity index (χ2n) is 13.0. The van der Waals surface area contributed by atoms with Crippen LogP contribution in [0.5, 0.6) is 0 Å². The molecular formula is C46H32N2. The zero-order chi connectivity index (χ0) is 31.6. The second-order valence-corrected chi connectivity index (χ2v) is 13.0. The Morgan fingerprint density at radius 1 is 0.417 bits per heavy atom. The number of para-hydroxylation sites is 2. The average molecular weight is 613 g/mol. The van der Waals surface area contributed by atoms with Gasteiger partial charge in [-0.3, -0.25) is 0 Å². The molecule has 2 aliphatic rings. The maximum Gasteiger partial charge on any atom is 0.0629 e. The molecule has 2 atom stereocenters. The van der Waals surface area contributed by atoms with Gasteiger partial charge in [-0.25, -0.2) is 0 Å². The van der Waals surface area contributed by atoms with Crippen LogP contribution in [-0.2, 0) is 0 Å². The van der Waals surface area contributed by atoms with Gasteiger partial charge in [0.05, 0.1) is 17.1 Å². The Morgan fingerprint density at radius 3 is 1.94 bits per heavy atom. The monoisotopic (exact) mass is 612 g/mol. The molecule has 2 unspecified atom stereocenters. The van der Waals surface area contributed by atoms with E-state index in [-0.39, 0.29) is 6.04 Å². The van der Waals surface area contributed by atoms with Crippen LogP contribution in [0.25, 0.3) is 60.5 Å². The smallest absolute Gasteiger partial charge is 0.0629 e. The van der Waals surface area contributed by atoms with Gasteiger partial charge in [0.25, 0.3) is 0 Å². The normalized spacial score (nSPS) is 16.5. The molecule has 8 aromatic rings. The van der Waals surface area contributed by atoms with Gasteiger partial charge in [0.15, 0.2) is 0 Å². The van der Waals surface area contributed by atoms with Crippen molar-refractivity contribution in [3.63, 3.8) is 0 Å². The highest BCUT2D eigenvalue weighted by Gasteiger charge is 2.37. The van der Waals surface area contributed by atoms with Crippen molar-refractivity contribution in [3.05, 3.63) is 188 Å². The van der Waals surface area contributed by atoms with E-state index in [2.05, 4.69) is 191 Å². The molecule has 7 aromatic carbocycles. The molecule has 0 radical (unpaired) electrons. The van der Waals surface area contributed by atoms with Crippen molar-refractivity contribution in [2.75, 3.05) is 4.90 Å². The number of aromatic nitrogens is 1. The number of anilines is 2. The molecule has 0 bridgehead atoms. The fraction of sp³-hybridized carbons (Fsp3) is 0.0435. The number of hydrogen-bond acceptors (Lipinski definition) is 1. The van der Waals surface area contributed by atoms with Crippen molar-refractivity contribution in [3.8, 4) is 27.9 Å². The third-order valence-electron chi connectivity index (χ3n) is 10.3. The van der Waals surface area contributed by atoms with Crippen LogP contribution >= 0.6 is 0 Å². The van der Waals surface area contributed by atoms with Crippen LogP contribution in [0.15, 0.2) is 182 Å². The second kappa shape index (κ2) is 10.7. The Bertz CT molecular complexity index is 2570. The summed E-state index contributed by atoms with van der Waals surface area (Å²) in [7, 11) is 0. The first-order chi connectivity index (χ1) is 23.8. The molecule has 0 spiro atoms. The van der Waals surface area contributed by atoms with E-state index in [1.165, 1.54) is 77.5 Å². The summed E-state index contributed by atoms with van der Waals surface area (Å²) >= 11 is 0. The lowest BCUT2D eigenvalue weighted by molar-refractivity contribution is 0.745. The van der Waals surface area contributed by atoms with E-state index in [0.29, 0.717) is 5.92 Å². The molecule has 48 heavy (non-hydrogen) atoms. The van der Waals surface area contributed by atoms with Gasteiger partial charge in [-0.05, 0) is 93.2 Å². The lowest BCUT2D eigenvalue weighted by Gasteiger charge is -2.29. The molecule has 1 aliphatic heterocycles. The summed E-state index contributed by atoms with van der Waals surface area (Å²) in [6, 6.07) is 58.1. The van der Waals surface area contributed by atoms with Gasteiger partial charge >= 0.3 is 0 Å². The van der Waals surface area contributed by atoms with Crippen molar-refractivity contribution in [2.24, 2.45) is 0 Å².